The monoisotopic (exact) mass is 263 g/mol. The fraction of sp³-hybridized carbons (Fsp3) is 0.625. The molecule has 0 aromatic carbocycles. The number of nitrogens with one attached hydrogen (secondary N) is 1. The Balaban J connectivity index is 2.34. The summed E-state index contributed by atoms with van der Waals surface area (Å²) in [5, 5.41) is 10.7. The molecule has 4 nitrogen and oxygen atoms in total. The summed E-state index contributed by atoms with van der Waals surface area (Å²) in [6.07, 6.45) is 0. The van der Waals surface area contributed by atoms with Crippen molar-refractivity contribution in [2.24, 2.45) is 0 Å². The maximum absolute atomic E-state index is 11.2. The summed E-state index contributed by atoms with van der Waals surface area (Å²) in [6.45, 7) is 4.66. The Morgan fingerprint density at radius 3 is 2.60 bits per heavy atom. The normalized spacial score (nSPS) is 10.3. The first-order valence-corrected chi connectivity index (χ1v) is 7.40. The Bertz CT molecular complexity index is 316. The molecule has 0 saturated carbocycles. The molecule has 0 fully saturated rings. The second kappa shape index (κ2) is 7.08. The number of nitrogens with zero attached hydrogens (tertiary/aromatic N) is 2. The smallest absolute Gasteiger partial charge is 0.230 e. The molecule has 1 heterocycles. The number of carbonyl (C=O) groups is 1. The lowest BCUT2D eigenvalue weighted by molar-refractivity contribution is -0.118. The largest absolute Gasteiger partial charge is 0.356 e. The van der Waals surface area contributed by atoms with Gasteiger partial charge in [-0.05, 0) is 12.7 Å². The van der Waals surface area contributed by atoms with Gasteiger partial charge >= 0.3 is 0 Å². The van der Waals surface area contributed by atoms with Gasteiger partial charge in [0.25, 0.3) is 0 Å². The number of rotatable bonds is 6. The van der Waals surface area contributed by atoms with Crippen molar-refractivity contribution in [3.8, 4) is 0 Å². The summed E-state index contributed by atoms with van der Waals surface area (Å²) in [4.78, 5) is 11.2. The van der Waals surface area contributed by atoms with E-state index in [1.165, 1.54) is 11.8 Å². The zero-order chi connectivity index (χ0) is 11.1. The fourth-order valence-electron chi connectivity index (χ4n) is 0.813. The predicted molar refractivity (Wildman–Crippen MR) is 65.7 cm³/mol. The lowest BCUT2D eigenvalue weighted by Gasteiger charge is -1.98. The Hall–Kier alpha value is -0.270. The van der Waals surface area contributed by atoms with Crippen molar-refractivity contribution < 1.29 is 4.79 Å². The number of hydrogen-bond donors (Lipinski definition) is 1. The van der Waals surface area contributed by atoms with Crippen LogP contribution in [-0.4, -0.2) is 34.2 Å². The molecule has 0 aliphatic rings. The molecule has 84 valence electrons. The minimum Gasteiger partial charge on any atom is -0.356 e. The SMILES string of the molecule is CCNC(=O)CSc1nnc(SCC)s1. The molecule has 0 radical (unpaired) electrons. The molecule has 1 rings (SSSR count). The summed E-state index contributed by atoms with van der Waals surface area (Å²) in [5.74, 6) is 1.46. The van der Waals surface area contributed by atoms with E-state index < -0.39 is 0 Å². The van der Waals surface area contributed by atoms with Gasteiger partial charge in [-0.3, -0.25) is 4.79 Å². The minimum atomic E-state index is 0.0439. The summed E-state index contributed by atoms with van der Waals surface area (Å²) < 4.78 is 1.83. The van der Waals surface area contributed by atoms with Crippen LogP contribution >= 0.6 is 34.9 Å². The van der Waals surface area contributed by atoms with E-state index in [0.29, 0.717) is 12.3 Å². The van der Waals surface area contributed by atoms with Gasteiger partial charge in [0.2, 0.25) is 5.91 Å². The highest BCUT2D eigenvalue weighted by Crippen LogP contribution is 2.28. The molecule has 0 saturated heterocycles. The molecule has 0 bridgehead atoms. The highest BCUT2D eigenvalue weighted by molar-refractivity contribution is 8.03. The van der Waals surface area contributed by atoms with Crippen molar-refractivity contribution in [3.63, 3.8) is 0 Å². The predicted octanol–water partition coefficient (Wildman–Crippen LogP) is 1.88. The summed E-state index contributed by atoms with van der Waals surface area (Å²) in [7, 11) is 0. The van der Waals surface area contributed by atoms with Gasteiger partial charge < -0.3 is 5.32 Å². The highest BCUT2D eigenvalue weighted by atomic mass is 32.2. The molecule has 0 aliphatic carbocycles. The third kappa shape index (κ3) is 4.85. The van der Waals surface area contributed by atoms with Gasteiger partial charge in [-0.2, -0.15) is 0 Å². The Morgan fingerprint density at radius 2 is 2.00 bits per heavy atom. The van der Waals surface area contributed by atoms with Crippen LogP contribution in [0.15, 0.2) is 8.68 Å². The number of aromatic nitrogens is 2. The molecule has 0 aliphatic heterocycles. The topological polar surface area (TPSA) is 54.9 Å². The van der Waals surface area contributed by atoms with Crippen molar-refractivity contribution in [2.45, 2.75) is 22.5 Å². The zero-order valence-electron chi connectivity index (χ0n) is 8.65. The molecule has 15 heavy (non-hydrogen) atoms. The average Bonchev–Trinajstić information content (AvgIpc) is 2.64. The van der Waals surface area contributed by atoms with E-state index in [2.05, 4.69) is 22.4 Å². The second-order valence-corrected chi connectivity index (χ2v) is 6.22. The van der Waals surface area contributed by atoms with Crippen molar-refractivity contribution in [2.75, 3.05) is 18.1 Å². The first-order valence-electron chi connectivity index (χ1n) is 4.62. The molecule has 0 unspecified atom stereocenters. The Morgan fingerprint density at radius 1 is 1.33 bits per heavy atom. The molecular formula is C8H13N3OS3. The van der Waals surface area contributed by atoms with Gasteiger partial charge in [0.1, 0.15) is 0 Å². The van der Waals surface area contributed by atoms with E-state index in [1.807, 2.05) is 6.92 Å². The molecule has 1 amide bonds. The van der Waals surface area contributed by atoms with E-state index in [9.17, 15) is 4.79 Å². The number of carbonyl (C=O) groups excluding carboxylic acids is 1. The second-order valence-electron chi connectivity index (χ2n) is 2.51. The van der Waals surface area contributed by atoms with Crippen LogP contribution in [0.4, 0.5) is 0 Å². The zero-order valence-corrected chi connectivity index (χ0v) is 11.1. The first kappa shape index (κ1) is 12.8. The van der Waals surface area contributed by atoms with E-state index >= 15 is 0 Å². The lowest BCUT2D eigenvalue weighted by Crippen LogP contribution is -2.24. The van der Waals surface area contributed by atoms with Gasteiger partial charge in [-0.25, -0.2) is 0 Å². The van der Waals surface area contributed by atoms with E-state index in [4.69, 9.17) is 0 Å². The van der Waals surface area contributed by atoms with Crippen molar-refractivity contribution in [1.82, 2.24) is 15.5 Å². The van der Waals surface area contributed by atoms with Crippen molar-refractivity contribution in [1.29, 1.82) is 0 Å². The summed E-state index contributed by atoms with van der Waals surface area (Å²) in [5.41, 5.74) is 0. The van der Waals surface area contributed by atoms with Gasteiger partial charge in [0, 0.05) is 6.54 Å². The number of thioether (sulfide) groups is 2. The standard InChI is InChI=1S/C8H13N3OS3/c1-3-9-6(12)5-14-8-11-10-7(15-8)13-4-2/h3-5H2,1-2H3,(H,9,12). The molecule has 1 aromatic heterocycles. The fourth-order valence-corrected chi connectivity index (χ4v) is 3.56. The molecule has 7 heteroatoms. The van der Waals surface area contributed by atoms with Gasteiger partial charge in [0.15, 0.2) is 8.68 Å². The van der Waals surface area contributed by atoms with Crippen LogP contribution in [0.1, 0.15) is 13.8 Å². The molecule has 1 N–H and O–H groups in total. The van der Waals surface area contributed by atoms with Gasteiger partial charge in [-0.15, -0.1) is 10.2 Å². The lowest BCUT2D eigenvalue weighted by atomic mass is 10.6. The third-order valence-corrected chi connectivity index (χ3v) is 4.43. The van der Waals surface area contributed by atoms with E-state index in [0.717, 1.165) is 14.4 Å². The van der Waals surface area contributed by atoms with Crippen LogP contribution in [0.2, 0.25) is 0 Å². The van der Waals surface area contributed by atoms with Gasteiger partial charge in [0.05, 0.1) is 5.75 Å². The van der Waals surface area contributed by atoms with Crippen LogP contribution in [0.3, 0.4) is 0 Å². The quantitative estimate of drug-likeness (QED) is 0.794. The highest BCUT2D eigenvalue weighted by Gasteiger charge is 2.07. The maximum Gasteiger partial charge on any atom is 0.230 e. The van der Waals surface area contributed by atoms with Crippen LogP contribution < -0.4 is 5.32 Å². The average molecular weight is 263 g/mol. The van der Waals surface area contributed by atoms with E-state index in [-0.39, 0.29) is 5.91 Å². The van der Waals surface area contributed by atoms with Crippen LogP contribution in [0.25, 0.3) is 0 Å². The number of amides is 1. The third-order valence-electron chi connectivity index (χ3n) is 1.36. The molecule has 0 spiro atoms. The summed E-state index contributed by atoms with van der Waals surface area (Å²) in [6, 6.07) is 0. The maximum atomic E-state index is 11.2. The summed E-state index contributed by atoms with van der Waals surface area (Å²) >= 11 is 4.65. The van der Waals surface area contributed by atoms with Crippen molar-refractivity contribution in [3.05, 3.63) is 0 Å². The van der Waals surface area contributed by atoms with E-state index in [1.54, 1.807) is 23.1 Å². The van der Waals surface area contributed by atoms with Crippen LogP contribution in [-0.2, 0) is 4.79 Å². The minimum absolute atomic E-state index is 0.0439. The van der Waals surface area contributed by atoms with Crippen LogP contribution in [0, 0.1) is 0 Å². The Labute approximate surface area is 102 Å². The Kier molecular flexibility index (Phi) is 6.04. The number of hydrogen-bond acceptors (Lipinski definition) is 6. The molecule has 1 aromatic rings. The molecule has 0 atom stereocenters. The molecular weight excluding hydrogens is 250 g/mol. The van der Waals surface area contributed by atoms with Crippen molar-refractivity contribution >= 4 is 40.8 Å². The van der Waals surface area contributed by atoms with Crippen LogP contribution in [0.5, 0.6) is 0 Å². The first-order chi connectivity index (χ1) is 7.26. The van der Waals surface area contributed by atoms with Gasteiger partial charge in [-0.1, -0.05) is 41.8 Å².